The molecule has 0 fully saturated rings. The summed E-state index contributed by atoms with van der Waals surface area (Å²) in [6.07, 6.45) is 4.71. The third kappa shape index (κ3) is 3.37. The molecule has 0 aromatic heterocycles. The molecule has 1 unspecified atom stereocenters. The molecule has 0 saturated carbocycles. The first-order valence-electron chi connectivity index (χ1n) is 6.48. The fourth-order valence-electron chi connectivity index (χ4n) is 2.30. The Labute approximate surface area is 116 Å². The van der Waals surface area contributed by atoms with Crippen LogP contribution >= 0.6 is 0 Å². The second-order valence-electron chi connectivity index (χ2n) is 5.09. The Morgan fingerprint density at radius 2 is 2.00 bits per heavy atom. The van der Waals surface area contributed by atoms with E-state index in [1.165, 1.54) is 5.57 Å². The van der Waals surface area contributed by atoms with Crippen molar-refractivity contribution in [1.29, 1.82) is 0 Å². The van der Waals surface area contributed by atoms with Crippen molar-refractivity contribution in [1.82, 2.24) is 0 Å². The number of aromatic hydroxyl groups is 1. The van der Waals surface area contributed by atoms with Gasteiger partial charge in [0, 0.05) is 17.7 Å². The van der Waals surface area contributed by atoms with Gasteiger partial charge in [0.25, 0.3) is 0 Å². The van der Waals surface area contributed by atoms with E-state index in [2.05, 4.69) is 18.0 Å². The van der Waals surface area contributed by atoms with Crippen molar-refractivity contribution in [3.05, 3.63) is 52.5 Å². The maximum absolute atomic E-state index is 10.0. The highest BCUT2D eigenvalue weighted by molar-refractivity contribution is 6.33. The molecule has 96 valence electrons. The van der Waals surface area contributed by atoms with Gasteiger partial charge in [-0.2, -0.15) is 0 Å². The molecule has 1 aliphatic heterocycles. The molecule has 1 aromatic carbocycles. The number of nitrogens with zero attached hydrogens (tertiary/aromatic N) is 1. The fraction of sp³-hybridized carbons (Fsp3) is 0.312. The summed E-state index contributed by atoms with van der Waals surface area (Å²) < 4.78 is 0. The molecule has 1 aliphatic rings. The highest BCUT2D eigenvalue weighted by Crippen LogP contribution is 2.33. The highest BCUT2D eigenvalue weighted by Gasteiger charge is 2.15. The molecule has 2 radical (unpaired) electrons. The van der Waals surface area contributed by atoms with Crippen LogP contribution in [-0.2, 0) is 0 Å². The molecule has 0 bridgehead atoms. The Balaban J connectivity index is 2.42. The first kappa shape index (κ1) is 13.7. The highest BCUT2D eigenvalue weighted by atomic mass is 16.3. The van der Waals surface area contributed by atoms with E-state index in [9.17, 15) is 5.11 Å². The van der Waals surface area contributed by atoms with Crippen LogP contribution in [0.4, 0.5) is 0 Å². The molecule has 1 atom stereocenters. The number of allylic oxidation sites excluding steroid dienone is 3. The molecular formula is C16H18BNO. The molecule has 2 nitrogen and oxygen atoms in total. The smallest absolute Gasteiger partial charge is 0.119 e. The SMILES string of the molecule is [B]/C1=C(/C)CC(c2ccccc2O)/C=C(/C)CN=C1. The van der Waals surface area contributed by atoms with Gasteiger partial charge in [0.1, 0.15) is 13.6 Å². The molecule has 19 heavy (non-hydrogen) atoms. The zero-order valence-corrected chi connectivity index (χ0v) is 11.4. The number of para-hydroxylation sites is 1. The zero-order valence-electron chi connectivity index (χ0n) is 11.4. The van der Waals surface area contributed by atoms with E-state index in [0.29, 0.717) is 12.3 Å². The molecular weight excluding hydrogens is 233 g/mol. The van der Waals surface area contributed by atoms with Gasteiger partial charge < -0.3 is 5.11 Å². The van der Waals surface area contributed by atoms with Crippen LogP contribution in [0, 0.1) is 0 Å². The minimum absolute atomic E-state index is 0.140. The molecule has 0 amide bonds. The van der Waals surface area contributed by atoms with Gasteiger partial charge in [-0.05, 0) is 26.3 Å². The summed E-state index contributed by atoms with van der Waals surface area (Å²) in [6.45, 7) is 4.72. The predicted molar refractivity (Wildman–Crippen MR) is 81.0 cm³/mol. The summed E-state index contributed by atoms with van der Waals surface area (Å²) in [5, 5.41) is 10.0. The molecule has 0 saturated heterocycles. The van der Waals surface area contributed by atoms with E-state index in [-0.39, 0.29) is 5.92 Å². The van der Waals surface area contributed by atoms with E-state index in [0.717, 1.165) is 23.0 Å². The van der Waals surface area contributed by atoms with E-state index in [1.807, 2.05) is 25.1 Å². The van der Waals surface area contributed by atoms with Gasteiger partial charge in [-0.1, -0.05) is 40.9 Å². The molecule has 3 heteroatoms. The number of rotatable bonds is 1. The second kappa shape index (κ2) is 5.92. The number of aliphatic imine (C=N–C) groups is 1. The molecule has 0 aliphatic carbocycles. The summed E-state index contributed by atoms with van der Waals surface area (Å²) in [5.74, 6) is 0.476. The summed E-state index contributed by atoms with van der Waals surface area (Å²) >= 11 is 0. The lowest BCUT2D eigenvalue weighted by Gasteiger charge is -2.17. The summed E-state index contributed by atoms with van der Waals surface area (Å²) in [5.41, 5.74) is 3.95. The summed E-state index contributed by atoms with van der Waals surface area (Å²) in [4.78, 5) is 4.32. The average Bonchev–Trinajstić information content (AvgIpc) is 2.43. The Morgan fingerprint density at radius 1 is 1.26 bits per heavy atom. The summed E-state index contributed by atoms with van der Waals surface area (Å²) in [6, 6.07) is 7.48. The van der Waals surface area contributed by atoms with Gasteiger partial charge in [-0.25, -0.2) is 0 Å². The number of phenolic OH excluding ortho intramolecular Hbond substituents is 1. The third-order valence-corrected chi connectivity index (χ3v) is 3.41. The van der Waals surface area contributed by atoms with Crippen LogP contribution in [0.3, 0.4) is 0 Å². The van der Waals surface area contributed by atoms with Gasteiger partial charge in [-0.3, -0.25) is 4.99 Å². The lowest BCUT2D eigenvalue weighted by Crippen LogP contribution is -2.00. The number of hydrogen-bond donors (Lipinski definition) is 1. The van der Waals surface area contributed by atoms with Gasteiger partial charge in [0.2, 0.25) is 0 Å². The average molecular weight is 251 g/mol. The van der Waals surface area contributed by atoms with Gasteiger partial charge >= 0.3 is 0 Å². The predicted octanol–water partition coefficient (Wildman–Crippen LogP) is 3.34. The van der Waals surface area contributed by atoms with E-state index >= 15 is 0 Å². The Kier molecular flexibility index (Phi) is 4.25. The lowest BCUT2D eigenvalue weighted by atomic mass is 9.84. The second-order valence-corrected chi connectivity index (χ2v) is 5.09. The summed E-state index contributed by atoms with van der Waals surface area (Å²) in [7, 11) is 5.99. The first-order chi connectivity index (χ1) is 9.08. The normalized spacial score (nSPS) is 27.1. The van der Waals surface area contributed by atoms with E-state index in [1.54, 1.807) is 12.3 Å². The van der Waals surface area contributed by atoms with Crippen LogP contribution in [0.1, 0.15) is 31.7 Å². The van der Waals surface area contributed by atoms with E-state index < -0.39 is 0 Å². The molecule has 1 aromatic rings. The maximum Gasteiger partial charge on any atom is 0.119 e. The monoisotopic (exact) mass is 251 g/mol. The third-order valence-electron chi connectivity index (χ3n) is 3.41. The Bertz CT molecular complexity index is 558. The lowest BCUT2D eigenvalue weighted by molar-refractivity contribution is 0.465. The van der Waals surface area contributed by atoms with Crippen LogP contribution in [0.25, 0.3) is 0 Å². The first-order valence-corrected chi connectivity index (χ1v) is 6.48. The minimum Gasteiger partial charge on any atom is -0.508 e. The quantitative estimate of drug-likeness (QED) is 0.602. The number of hydrogen-bond acceptors (Lipinski definition) is 2. The van der Waals surface area contributed by atoms with Crippen LogP contribution in [-0.4, -0.2) is 25.7 Å². The van der Waals surface area contributed by atoms with Crippen LogP contribution in [0.2, 0.25) is 0 Å². The van der Waals surface area contributed by atoms with Crippen molar-refractivity contribution in [2.24, 2.45) is 4.99 Å². The molecule has 2 rings (SSSR count). The van der Waals surface area contributed by atoms with Crippen molar-refractivity contribution in [3.63, 3.8) is 0 Å². The minimum atomic E-state index is 0.140. The number of phenols is 1. The van der Waals surface area contributed by atoms with Gasteiger partial charge in [-0.15, -0.1) is 0 Å². The molecule has 0 spiro atoms. The molecule has 1 N–H and O–H groups in total. The molecule has 1 heterocycles. The zero-order chi connectivity index (χ0) is 13.8. The van der Waals surface area contributed by atoms with Crippen molar-refractivity contribution in [2.75, 3.05) is 6.54 Å². The largest absolute Gasteiger partial charge is 0.508 e. The standard InChI is InChI=1S/C16H18BNO/c1-11-7-13(14-5-3-4-6-16(14)19)8-12(2)15(17)10-18-9-11/h3-7,10,13,19H,8-9H2,1-2H3/b11-7-,15-12-,18-10?. The van der Waals surface area contributed by atoms with Gasteiger partial charge in [0.15, 0.2) is 0 Å². The van der Waals surface area contributed by atoms with Crippen molar-refractivity contribution in [2.45, 2.75) is 26.2 Å². The van der Waals surface area contributed by atoms with Crippen LogP contribution in [0.15, 0.2) is 52.0 Å². The maximum atomic E-state index is 10.0. The van der Waals surface area contributed by atoms with Crippen LogP contribution < -0.4 is 0 Å². The van der Waals surface area contributed by atoms with Gasteiger partial charge in [0.05, 0.1) is 6.54 Å². The van der Waals surface area contributed by atoms with Crippen molar-refractivity contribution >= 4 is 14.1 Å². The van der Waals surface area contributed by atoms with Crippen LogP contribution in [0.5, 0.6) is 5.75 Å². The van der Waals surface area contributed by atoms with E-state index in [4.69, 9.17) is 7.85 Å². The number of benzene rings is 1. The topological polar surface area (TPSA) is 32.6 Å². The Hall–Kier alpha value is -1.77. The fourth-order valence-corrected chi connectivity index (χ4v) is 2.30. The Morgan fingerprint density at radius 3 is 2.74 bits per heavy atom. The van der Waals surface area contributed by atoms with Crippen molar-refractivity contribution < 1.29 is 5.11 Å². The van der Waals surface area contributed by atoms with Crippen molar-refractivity contribution in [3.8, 4) is 5.75 Å².